The second-order valence-electron chi connectivity index (χ2n) is 8.65. The molecule has 1 saturated heterocycles. The summed E-state index contributed by atoms with van der Waals surface area (Å²) in [5, 5.41) is 22.0. The van der Waals surface area contributed by atoms with Crippen LogP contribution in [0.25, 0.3) is 22.3 Å². The SMILES string of the molecule is CC/C=C\Sc1cn[nH]c1-c1[nH]c2cc(C(O)(CC)CC)ccc2c1N1CCN(C)CC1. The summed E-state index contributed by atoms with van der Waals surface area (Å²) in [6, 6.07) is 6.40. The lowest BCUT2D eigenvalue weighted by Crippen LogP contribution is -2.44. The van der Waals surface area contributed by atoms with Crippen molar-refractivity contribution in [1.82, 2.24) is 20.1 Å². The molecule has 0 aliphatic carbocycles. The van der Waals surface area contributed by atoms with Gasteiger partial charge in [0.15, 0.2) is 0 Å². The molecular formula is C25H35N5OS. The second kappa shape index (κ2) is 9.73. The molecule has 2 aromatic heterocycles. The number of aliphatic hydroxyl groups is 1. The number of piperazine rings is 1. The van der Waals surface area contributed by atoms with E-state index in [-0.39, 0.29) is 0 Å². The summed E-state index contributed by atoms with van der Waals surface area (Å²) in [5.41, 5.74) is 4.54. The Kier molecular flexibility index (Phi) is 6.98. The van der Waals surface area contributed by atoms with Gasteiger partial charge >= 0.3 is 0 Å². The number of hydrogen-bond acceptors (Lipinski definition) is 5. The van der Waals surface area contributed by atoms with Gasteiger partial charge in [0.05, 0.1) is 33.8 Å². The van der Waals surface area contributed by atoms with Gasteiger partial charge in [0.1, 0.15) is 0 Å². The number of aromatic nitrogens is 3. The van der Waals surface area contributed by atoms with Crippen molar-refractivity contribution < 1.29 is 5.11 Å². The average Bonchev–Trinajstić information content (AvgIpc) is 3.43. The first-order valence-corrected chi connectivity index (χ1v) is 12.6. The number of allylic oxidation sites excluding steroid dienone is 1. The Bertz CT molecular complexity index is 1070. The molecule has 1 aromatic carbocycles. The Hall–Kier alpha value is -2.22. The van der Waals surface area contributed by atoms with Crippen molar-refractivity contribution in [2.45, 2.75) is 50.5 Å². The minimum absolute atomic E-state index is 0.693. The lowest BCUT2D eigenvalue weighted by Gasteiger charge is -2.34. The molecule has 0 saturated carbocycles. The van der Waals surface area contributed by atoms with Gasteiger partial charge in [0.2, 0.25) is 0 Å². The molecule has 172 valence electrons. The standard InChI is InChI=1S/C25H35N5OS/c1-5-8-15-32-21-17-26-28-22(21)23-24(30-13-11-29(4)12-14-30)19-10-9-18(16-20(19)27-23)25(31,6-2)7-3/h8-10,15-17,27,31H,5-7,11-14H2,1-4H3,(H,26,28)/b15-8-. The van der Waals surface area contributed by atoms with Crippen molar-refractivity contribution in [3.63, 3.8) is 0 Å². The topological polar surface area (TPSA) is 71.2 Å². The smallest absolute Gasteiger partial charge is 0.0973 e. The highest BCUT2D eigenvalue weighted by molar-refractivity contribution is 8.02. The first kappa shape index (κ1) is 23.0. The van der Waals surface area contributed by atoms with Crippen LogP contribution in [0.2, 0.25) is 0 Å². The summed E-state index contributed by atoms with van der Waals surface area (Å²) in [6.45, 7) is 10.3. The van der Waals surface area contributed by atoms with Gasteiger partial charge < -0.3 is 19.9 Å². The van der Waals surface area contributed by atoms with Gasteiger partial charge in [-0.2, -0.15) is 5.10 Å². The lowest BCUT2D eigenvalue weighted by molar-refractivity contribution is 0.0285. The normalized spacial score (nSPS) is 16.0. The number of nitrogens with one attached hydrogen (secondary N) is 2. The molecule has 0 radical (unpaired) electrons. The Morgan fingerprint density at radius 3 is 2.56 bits per heavy atom. The van der Waals surface area contributed by atoms with Crippen LogP contribution in [-0.4, -0.2) is 58.4 Å². The van der Waals surface area contributed by atoms with E-state index in [1.54, 1.807) is 11.8 Å². The highest BCUT2D eigenvalue weighted by atomic mass is 32.2. The molecule has 3 aromatic rings. The molecule has 6 nitrogen and oxygen atoms in total. The summed E-state index contributed by atoms with van der Waals surface area (Å²) in [7, 11) is 2.18. The van der Waals surface area contributed by atoms with E-state index in [0.717, 1.165) is 60.0 Å². The van der Waals surface area contributed by atoms with E-state index in [1.807, 2.05) is 20.0 Å². The molecule has 3 N–H and O–H groups in total. The van der Waals surface area contributed by atoms with Gasteiger partial charge in [-0.05, 0) is 43.3 Å². The van der Waals surface area contributed by atoms with Gasteiger partial charge in [-0.25, -0.2) is 0 Å². The van der Waals surface area contributed by atoms with Crippen LogP contribution in [0.4, 0.5) is 5.69 Å². The first-order chi connectivity index (χ1) is 15.5. The third kappa shape index (κ3) is 4.34. The molecule has 0 atom stereocenters. The van der Waals surface area contributed by atoms with E-state index in [4.69, 9.17) is 0 Å². The van der Waals surface area contributed by atoms with Crippen molar-refractivity contribution in [2.75, 3.05) is 38.1 Å². The number of H-pyrrole nitrogens is 2. The van der Waals surface area contributed by atoms with Crippen LogP contribution < -0.4 is 4.90 Å². The van der Waals surface area contributed by atoms with Crippen LogP contribution >= 0.6 is 11.8 Å². The van der Waals surface area contributed by atoms with Gasteiger partial charge in [-0.3, -0.25) is 5.10 Å². The Balaban J connectivity index is 1.84. The van der Waals surface area contributed by atoms with Crippen molar-refractivity contribution in [3.05, 3.63) is 41.4 Å². The quantitative estimate of drug-likeness (QED) is 0.402. The molecule has 1 aliphatic heterocycles. The van der Waals surface area contributed by atoms with E-state index < -0.39 is 5.60 Å². The number of thioether (sulfide) groups is 1. The molecule has 32 heavy (non-hydrogen) atoms. The van der Waals surface area contributed by atoms with E-state index in [1.165, 1.54) is 11.1 Å². The van der Waals surface area contributed by atoms with Crippen molar-refractivity contribution >= 4 is 28.4 Å². The molecule has 1 aliphatic rings. The third-order valence-corrected chi connectivity index (χ3v) is 7.57. The van der Waals surface area contributed by atoms with Crippen LogP contribution in [0.3, 0.4) is 0 Å². The van der Waals surface area contributed by atoms with Gasteiger partial charge in [-0.15, -0.1) is 0 Å². The number of aromatic amines is 2. The zero-order valence-electron chi connectivity index (χ0n) is 19.6. The minimum Gasteiger partial charge on any atom is -0.385 e. The summed E-state index contributed by atoms with van der Waals surface area (Å²) in [5.74, 6) is 0. The molecule has 0 unspecified atom stereocenters. The largest absolute Gasteiger partial charge is 0.385 e. The predicted octanol–water partition coefficient (Wildman–Crippen LogP) is 5.33. The molecule has 0 bridgehead atoms. The van der Waals surface area contributed by atoms with Crippen LogP contribution in [0.5, 0.6) is 0 Å². The van der Waals surface area contributed by atoms with Crippen molar-refractivity contribution in [1.29, 1.82) is 0 Å². The Morgan fingerprint density at radius 2 is 1.88 bits per heavy atom. The Labute approximate surface area is 195 Å². The van der Waals surface area contributed by atoms with Crippen LogP contribution in [0.15, 0.2) is 40.8 Å². The van der Waals surface area contributed by atoms with Crippen LogP contribution in [-0.2, 0) is 5.60 Å². The highest BCUT2D eigenvalue weighted by Gasteiger charge is 2.28. The number of benzene rings is 1. The van der Waals surface area contributed by atoms with Gasteiger partial charge in [-0.1, -0.05) is 50.7 Å². The number of hydrogen-bond donors (Lipinski definition) is 3. The van der Waals surface area contributed by atoms with Crippen molar-refractivity contribution in [3.8, 4) is 11.4 Å². The fraction of sp³-hybridized carbons (Fsp3) is 0.480. The number of fused-ring (bicyclic) bond motifs is 1. The fourth-order valence-electron chi connectivity index (χ4n) is 4.43. The number of anilines is 1. The Morgan fingerprint density at radius 1 is 1.12 bits per heavy atom. The monoisotopic (exact) mass is 453 g/mol. The lowest BCUT2D eigenvalue weighted by atomic mass is 9.88. The maximum Gasteiger partial charge on any atom is 0.0973 e. The molecule has 7 heteroatoms. The molecular weight excluding hydrogens is 418 g/mol. The van der Waals surface area contributed by atoms with E-state index >= 15 is 0 Å². The van der Waals surface area contributed by atoms with E-state index in [0.29, 0.717) is 12.8 Å². The summed E-state index contributed by atoms with van der Waals surface area (Å²) < 4.78 is 0. The summed E-state index contributed by atoms with van der Waals surface area (Å²) in [6.07, 6.45) is 6.46. The zero-order valence-corrected chi connectivity index (χ0v) is 20.4. The maximum absolute atomic E-state index is 11.1. The van der Waals surface area contributed by atoms with Gasteiger partial charge in [0, 0.05) is 37.1 Å². The maximum atomic E-state index is 11.1. The zero-order chi connectivity index (χ0) is 22.7. The average molecular weight is 454 g/mol. The van der Waals surface area contributed by atoms with E-state index in [9.17, 15) is 5.11 Å². The number of nitrogens with zero attached hydrogens (tertiary/aromatic N) is 3. The third-order valence-electron chi connectivity index (χ3n) is 6.68. The number of rotatable bonds is 8. The number of likely N-dealkylation sites (N-methyl/N-ethyl adjacent to an activating group) is 1. The highest BCUT2D eigenvalue weighted by Crippen LogP contribution is 2.42. The first-order valence-electron chi connectivity index (χ1n) is 11.7. The van der Waals surface area contributed by atoms with Crippen LogP contribution in [0, 0.1) is 0 Å². The molecule has 0 spiro atoms. The van der Waals surface area contributed by atoms with E-state index in [2.05, 4.69) is 68.6 Å². The second-order valence-corrected chi connectivity index (χ2v) is 9.59. The molecule has 4 rings (SSSR count). The van der Waals surface area contributed by atoms with Gasteiger partial charge in [0.25, 0.3) is 0 Å². The summed E-state index contributed by atoms with van der Waals surface area (Å²) in [4.78, 5) is 9.66. The molecule has 0 amide bonds. The van der Waals surface area contributed by atoms with Crippen molar-refractivity contribution in [2.24, 2.45) is 0 Å². The predicted molar refractivity (Wildman–Crippen MR) is 135 cm³/mol. The van der Waals surface area contributed by atoms with Crippen LogP contribution in [0.1, 0.15) is 45.6 Å². The fourth-order valence-corrected chi connectivity index (χ4v) is 5.25. The molecule has 3 heterocycles. The summed E-state index contributed by atoms with van der Waals surface area (Å²) >= 11 is 1.69. The minimum atomic E-state index is -0.798. The molecule has 1 fully saturated rings.